The minimum absolute atomic E-state index is 0.108. The zero-order chi connectivity index (χ0) is 13.1. The van der Waals surface area contributed by atoms with E-state index in [0.717, 1.165) is 5.69 Å². The molecule has 2 aromatic carbocycles. The summed E-state index contributed by atoms with van der Waals surface area (Å²) in [6.45, 7) is 1.93. The topological polar surface area (TPSA) is 23.5 Å². The van der Waals surface area contributed by atoms with Crippen LogP contribution in [0.4, 0.5) is 10.1 Å². The van der Waals surface area contributed by atoms with E-state index in [1.54, 1.807) is 0 Å². The van der Waals surface area contributed by atoms with Crippen LogP contribution in [0, 0.1) is 5.82 Å². The molecule has 0 aromatic heterocycles. The first-order valence-electron chi connectivity index (χ1n) is 5.86. The number of anilines is 1. The number of aromatic hydroxyl groups is 1. The fourth-order valence-electron chi connectivity index (χ4n) is 1.96. The Morgan fingerprint density at radius 3 is 2.44 bits per heavy atom. The zero-order valence-corrected chi connectivity index (χ0v) is 10.5. The molecule has 2 aromatic rings. The fourth-order valence-corrected chi connectivity index (χ4v) is 1.96. The Kier molecular flexibility index (Phi) is 3.51. The number of hydrogen-bond donors (Lipinski definition) is 1. The van der Waals surface area contributed by atoms with Crippen molar-refractivity contribution in [2.75, 3.05) is 11.9 Å². The summed E-state index contributed by atoms with van der Waals surface area (Å²) < 4.78 is 13.2. The van der Waals surface area contributed by atoms with Crippen LogP contribution in [0.3, 0.4) is 0 Å². The van der Waals surface area contributed by atoms with Gasteiger partial charge in [0.2, 0.25) is 0 Å². The lowest BCUT2D eigenvalue weighted by Gasteiger charge is -2.27. The van der Waals surface area contributed by atoms with Crippen molar-refractivity contribution in [2.45, 2.75) is 13.0 Å². The molecule has 2 nitrogen and oxygen atoms in total. The van der Waals surface area contributed by atoms with Crippen LogP contribution >= 0.6 is 0 Å². The van der Waals surface area contributed by atoms with E-state index >= 15 is 0 Å². The lowest BCUT2D eigenvalue weighted by molar-refractivity contribution is 0.459. The molecule has 94 valence electrons. The van der Waals surface area contributed by atoms with Gasteiger partial charge in [-0.2, -0.15) is 0 Å². The molecule has 0 saturated carbocycles. The number of benzene rings is 2. The predicted octanol–water partition coefficient (Wildman–Crippen LogP) is 3.73. The van der Waals surface area contributed by atoms with E-state index in [4.69, 9.17) is 0 Å². The van der Waals surface area contributed by atoms with Gasteiger partial charge in [-0.1, -0.05) is 18.2 Å². The summed E-state index contributed by atoms with van der Waals surface area (Å²) >= 11 is 0. The van der Waals surface area contributed by atoms with Crippen LogP contribution in [0.1, 0.15) is 18.5 Å². The number of para-hydroxylation sites is 1. The normalized spacial score (nSPS) is 12.2. The molecule has 3 heteroatoms. The molecule has 1 unspecified atom stereocenters. The first-order chi connectivity index (χ1) is 8.59. The van der Waals surface area contributed by atoms with Gasteiger partial charge in [-0.25, -0.2) is 4.39 Å². The van der Waals surface area contributed by atoms with E-state index in [2.05, 4.69) is 0 Å². The summed E-state index contributed by atoms with van der Waals surface area (Å²) in [5, 5.41) is 9.81. The first kappa shape index (κ1) is 12.4. The second-order valence-corrected chi connectivity index (χ2v) is 4.33. The highest BCUT2D eigenvalue weighted by atomic mass is 19.1. The van der Waals surface area contributed by atoms with Crippen LogP contribution in [-0.2, 0) is 0 Å². The van der Waals surface area contributed by atoms with Gasteiger partial charge in [0.1, 0.15) is 11.6 Å². The highest BCUT2D eigenvalue weighted by Gasteiger charge is 2.16. The van der Waals surface area contributed by atoms with Crippen molar-refractivity contribution < 1.29 is 9.50 Å². The van der Waals surface area contributed by atoms with E-state index in [1.807, 2.05) is 49.2 Å². The second kappa shape index (κ2) is 5.08. The molecule has 1 N–H and O–H groups in total. The molecule has 0 saturated heterocycles. The monoisotopic (exact) mass is 245 g/mol. The Hall–Kier alpha value is -2.03. The van der Waals surface area contributed by atoms with E-state index in [0.29, 0.717) is 5.56 Å². The molecule has 0 bridgehead atoms. The number of halogens is 1. The fraction of sp³-hybridized carbons (Fsp3) is 0.200. The molecule has 0 fully saturated rings. The number of phenolic OH excluding ortho intramolecular Hbond substituents is 1. The smallest absolute Gasteiger partial charge is 0.123 e. The van der Waals surface area contributed by atoms with Gasteiger partial charge >= 0.3 is 0 Å². The quantitative estimate of drug-likeness (QED) is 0.890. The number of nitrogens with zero attached hydrogens (tertiary/aromatic N) is 1. The number of phenols is 1. The van der Waals surface area contributed by atoms with Crippen molar-refractivity contribution in [1.82, 2.24) is 0 Å². The summed E-state index contributed by atoms with van der Waals surface area (Å²) in [6, 6.07) is 13.7. The predicted molar refractivity (Wildman–Crippen MR) is 71.3 cm³/mol. The molecular weight excluding hydrogens is 229 g/mol. The van der Waals surface area contributed by atoms with Gasteiger partial charge in [0.25, 0.3) is 0 Å². The molecule has 0 aliphatic heterocycles. The van der Waals surface area contributed by atoms with E-state index in [1.165, 1.54) is 18.2 Å². The summed E-state index contributed by atoms with van der Waals surface area (Å²) in [4.78, 5) is 1.99. The third-order valence-electron chi connectivity index (χ3n) is 3.18. The number of hydrogen-bond acceptors (Lipinski definition) is 2. The molecule has 2 rings (SSSR count). The van der Waals surface area contributed by atoms with Crippen LogP contribution in [0.2, 0.25) is 0 Å². The van der Waals surface area contributed by atoms with Gasteiger partial charge < -0.3 is 10.0 Å². The molecule has 18 heavy (non-hydrogen) atoms. The van der Waals surface area contributed by atoms with Crippen molar-refractivity contribution in [1.29, 1.82) is 0 Å². The Morgan fingerprint density at radius 2 is 1.78 bits per heavy atom. The minimum atomic E-state index is -0.337. The molecule has 0 aliphatic rings. The van der Waals surface area contributed by atoms with Crippen LogP contribution in [0.5, 0.6) is 5.75 Å². The van der Waals surface area contributed by atoms with E-state index < -0.39 is 0 Å². The molecule has 0 radical (unpaired) electrons. The van der Waals surface area contributed by atoms with E-state index in [9.17, 15) is 9.50 Å². The highest BCUT2D eigenvalue weighted by molar-refractivity contribution is 5.49. The van der Waals surface area contributed by atoms with Gasteiger partial charge in [0.15, 0.2) is 0 Å². The summed E-state index contributed by atoms with van der Waals surface area (Å²) in [5.41, 5.74) is 1.61. The molecule has 0 heterocycles. The third-order valence-corrected chi connectivity index (χ3v) is 3.18. The summed E-state index contributed by atoms with van der Waals surface area (Å²) in [6.07, 6.45) is 0. The summed E-state index contributed by atoms with van der Waals surface area (Å²) in [5.74, 6) is -0.220. The van der Waals surface area contributed by atoms with Crippen molar-refractivity contribution in [3.8, 4) is 5.75 Å². The van der Waals surface area contributed by atoms with Crippen molar-refractivity contribution >= 4 is 5.69 Å². The Morgan fingerprint density at radius 1 is 1.11 bits per heavy atom. The third kappa shape index (κ3) is 2.45. The maximum atomic E-state index is 13.2. The number of rotatable bonds is 3. The van der Waals surface area contributed by atoms with Crippen molar-refractivity contribution in [2.24, 2.45) is 0 Å². The second-order valence-electron chi connectivity index (χ2n) is 4.33. The molecule has 0 amide bonds. The minimum Gasteiger partial charge on any atom is -0.508 e. The van der Waals surface area contributed by atoms with Crippen molar-refractivity contribution in [3.63, 3.8) is 0 Å². The Bertz CT molecular complexity index is 527. The lowest BCUT2D eigenvalue weighted by Crippen LogP contribution is -2.21. The molecule has 0 aliphatic carbocycles. The van der Waals surface area contributed by atoms with Crippen LogP contribution in [-0.4, -0.2) is 12.2 Å². The van der Waals surface area contributed by atoms with Gasteiger partial charge in [-0.15, -0.1) is 0 Å². The Balaban J connectivity index is 2.31. The van der Waals surface area contributed by atoms with E-state index in [-0.39, 0.29) is 17.6 Å². The van der Waals surface area contributed by atoms with Gasteiger partial charge in [0.05, 0.1) is 6.04 Å². The molecule has 0 spiro atoms. The van der Waals surface area contributed by atoms with Crippen LogP contribution < -0.4 is 4.90 Å². The van der Waals surface area contributed by atoms with Gasteiger partial charge in [-0.05, 0) is 37.3 Å². The average Bonchev–Trinajstić information content (AvgIpc) is 2.41. The zero-order valence-electron chi connectivity index (χ0n) is 10.5. The maximum absolute atomic E-state index is 13.2. The lowest BCUT2D eigenvalue weighted by atomic mass is 10.1. The van der Waals surface area contributed by atoms with Crippen molar-refractivity contribution in [3.05, 3.63) is 59.9 Å². The summed E-state index contributed by atoms with van der Waals surface area (Å²) in [7, 11) is 1.92. The molecule has 1 atom stereocenters. The largest absolute Gasteiger partial charge is 0.508 e. The van der Waals surface area contributed by atoms with Crippen LogP contribution in [0.15, 0.2) is 48.5 Å². The van der Waals surface area contributed by atoms with Crippen LogP contribution in [0.25, 0.3) is 0 Å². The standard InChI is InChI=1S/C15H16FNO/c1-11(14-10-12(16)8-9-15(14)18)17(2)13-6-4-3-5-7-13/h3-11,18H,1-2H3. The maximum Gasteiger partial charge on any atom is 0.123 e. The highest BCUT2D eigenvalue weighted by Crippen LogP contribution is 2.31. The SMILES string of the molecule is CC(c1cc(F)ccc1O)N(C)c1ccccc1. The first-order valence-corrected chi connectivity index (χ1v) is 5.86. The average molecular weight is 245 g/mol. The molecular formula is C15H16FNO. The van der Waals surface area contributed by atoms with Gasteiger partial charge in [-0.3, -0.25) is 0 Å². The Labute approximate surface area is 106 Å². The van der Waals surface area contributed by atoms with Gasteiger partial charge in [0, 0.05) is 18.3 Å².